The van der Waals surface area contributed by atoms with Gasteiger partial charge in [-0.15, -0.1) is 0 Å². The Labute approximate surface area is 178 Å². The minimum atomic E-state index is -4.35. The van der Waals surface area contributed by atoms with E-state index in [1.54, 1.807) is 0 Å². The van der Waals surface area contributed by atoms with Gasteiger partial charge in [0.15, 0.2) is 0 Å². The van der Waals surface area contributed by atoms with E-state index in [4.69, 9.17) is 4.74 Å². The van der Waals surface area contributed by atoms with Gasteiger partial charge in [-0.25, -0.2) is 0 Å². The largest absolute Gasteiger partial charge is 0.491 e. The van der Waals surface area contributed by atoms with Gasteiger partial charge in [0.25, 0.3) is 0 Å². The first-order chi connectivity index (χ1) is 14.4. The van der Waals surface area contributed by atoms with Crippen molar-refractivity contribution in [3.8, 4) is 5.75 Å². The van der Waals surface area contributed by atoms with Crippen LogP contribution in [-0.2, 0) is 6.18 Å². The summed E-state index contributed by atoms with van der Waals surface area (Å²) >= 11 is 0. The van der Waals surface area contributed by atoms with E-state index in [9.17, 15) is 18.3 Å². The Morgan fingerprint density at radius 2 is 1.37 bits per heavy atom. The molecule has 2 fully saturated rings. The van der Waals surface area contributed by atoms with Crippen molar-refractivity contribution in [2.24, 2.45) is 11.8 Å². The molecule has 0 bridgehead atoms. The molecule has 0 heterocycles. The molecular weight excluding hydrogens is 391 g/mol. The molecule has 6 heteroatoms. The highest BCUT2D eigenvalue weighted by molar-refractivity contribution is 5.28. The molecule has 0 spiro atoms. The lowest BCUT2D eigenvalue weighted by molar-refractivity contribution is -0.137. The summed E-state index contributed by atoms with van der Waals surface area (Å²) in [5.74, 6) is 1.78. The van der Waals surface area contributed by atoms with Gasteiger partial charge in [-0.1, -0.05) is 38.5 Å². The molecule has 0 radical (unpaired) electrons. The number of aliphatic hydroxyl groups excluding tert-OH is 1. The molecule has 1 unspecified atom stereocenters. The minimum absolute atomic E-state index is 0.0944. The summed E-state index contributed by atoms with van der Waals surface area (Å²) in [6.45, 7) is 2.73. The molecule has 0 aliphatic heterocycles. The van der Waals surface area contributed by atoms with Crippen LogP contribution in [0.3, 0.4) is 0 Å². The highest BCUT2D eigenvalue weighted by atomic mass is 19.4. The summed E-state index contributed by atoms with van der Waals surface area (Å²) in [5.41, 5.74) is -0.693. The minimum Gasteiger partial charge on any atom is -0.491 e. The monoisotopic (exact) mass is 427 g/mol. The number of halogens is 3. The summed E-state index contributed by atoms with van der Waals surface area (Å²) in [4.78, 5) is 2.42. The number of benzene rings is 1. The zero-order valence-corrected chi connectivity index (χ0v) is 17.9. The SMILES string of the molecule is OC(COc1ccc(C(F)(F)F)cc1)CN(CC1CCCCC1)CC1CCCCC1. The fourth-order valence-corrected chi connectivity index (χ4v) is 4.98. The third kappa shape index (κ3) is 7.77. The number of aliphatic hydroxyl groups is 1. The molecule has 1 aromatic rings. The number of ether oxygens (including phenoxy) is 1. The third-order valence-electron chi connectivity index (χ3n) is 6.58. The maximum atomic E-state index is 12.7. The summed E-state index contributed by atoms with van der Waals surface area (Å²) < 4.78 is 43.6. The maximum absolute atomic E-state index is 12.7. The molecule has 1 atom stereocenters. The molecule has 2 saturated carbocycles. The Hall–Kier alpha value is -1.27. The van der Waals surface area contributed by atoms with Crippen molar-refractivity contribution >= 4 is 0 Å². The second-order valence-electron chi connectivity index (χ2n) is 9.21. The van der Waals surface area contributed by atoms with Crippen LogP contribution < -0.4 is 4.74 Å². The lowest BCUT2D eigenvalue weighted by Crippen LogP contribution is -2.41. The van der Waals surface area contributed by atoms with Crippen molar-refractivity contribution in [1.82, 2.24) is 4.90 Å². The third-order valence-corrected chi connectivity index (χ3v) is 6.58. The van der Waals surface area contributed by atoms with Crippen LogP contribution in [-0.4, -0.2) is 42.4 Å². The van der Waals surface area contributed by atoms with Gasteiger partial charge in [0.05, 0.1) is 5.56 Å². The molecule has 3 nitrogen and oxygen atoms in total. The molecule has 1 aromatic carbocycles. The van der Waals surface area contributed by atoms with Gasteiger partial charge in [-0.3, -0.25) is 0 Å². The van der Waals surface area contributed by atoms with Gasteiger partial charge >= 0.3 is 6.18 Å². The average Bonchev–Trinajstić information content (AvgIpc) is 2.73. The molecule has 30 heavy (non-hydrogen) atoms. The standard InChI is InChI=1S/C24H36F3NO2/c25-24(26,27)21-11-13-23(14-12-21)30-18-22(29)17-28(15-19-7-3-1-4-8-19)16-20-9-5-2-6-10-20/h11-14,19-20,22,29H,1-10,15-18H2. The molecule has 170 valence electrons. The van der Waals surface area contributed by atoms with Gasteiger partial charge in [-0.2, -0.15) is 13.2 Å². The number of nitrogens with zero attached hydrogens (tertiary/aromatic N) is 1. The number of alkyl halides is 3. The van der Waals surface area contributed by atoms with Crippen LogP contribution >= 0.6 is 0 Å². The summed E-state index contributed by atoms with van der Waals surface area (Å²) in [6, 6.07) is 4.66. The second-order valence-corrected chi connectivity index (χ2v) is 9.21. The van der Waals surface area contributed by atoms with Crippen LogP contribution in [0.5, 0.6) is 5.75 Å². The number of rotatable bonds is 9. The smallest absolute Gasteiger partial charge is 0.416 e. The molecule has 0 saturated heterocycles. The zero-order chi connectivity index (χ0) is 21.4. The Morgan fingerprint density at radius 1 is 0.867 bits per heavy atom. The summed E-state index contributed by atoms with van der Waals surface area (Å²) in [6.07, 6.45) is 8.01. The Balaban J connectivity index is 1.50. The van der Waals surface area contributed by atoms with Crippen molar-refractivity contribution in [3.63, 3.8) is 0 Å². The van der Waals surface area contributed by atoms with Crippen molar-refractivity contribution in [2.45, 2.75) is 76.5 Å². The van der Waals surface area contributed by atoms with E-state index >= 15 is 0 Å². The van der Waals surface area contributed by atoms with Crippen molar-refractivity contribution in [2.75, 3.05) is 26.2 Å². The van der Waals surface area contributed by atoms with E-state index in [1.807, 2.05) is 0 Å². The molecular formula is C24H36F3NO2. The number of hydrogen-bond donors (Lipinski definition) is 1. The molecule has 2 aliphatic rings. The molecule has 0 amide bonds. The lowest BCUT2D eigenvalue weighted by atomic mass is 9.87. The van der Waals surface area contributed by atoms with E-state index in [2.05, 4.69) is 4.90 Å². The van der Waals surface area contributed by atoms with Crippen LogP contribution in [0.25, 0.3) is 0 Å². The van der Waals surface area contributed by atoms with Crippen LogP contribution in [0.2, 0.25) is 0 Å². The van der Waals surface area contributed by atoms with Crippen molar-refractivity contribution in [3.05, 3.63) is 29.8 Å². The zero-order valence-electron chi connectivity index (χ0n) is 17.9. The maximum Gasteiger partial charge on any atom is 0.416 e. The van der Waals surface area contributed by atoms with E-state index in [-0.39, 0.29) is 6.61 Å². The van der Waals surface area contributed by atoms with E-state index < -0.39 is 17.8 Å². The lowest BCUT2D eigenvalue weighted by Gasteiger charge is -2.34. The van der Waals surface area contributed by atoms with Crippen molar-refractivity contribution in [1.29, 1.82) is 0 Å². The van der Waals surface area contributed by atoms with Gasteiger partial charge in [0.2, 0.25) is 0 Å². The quantitative estimate of drug-likeness (QED) is 0.532. The fraction of sp³-hybridized carbons (Fsp3) is 0.750. The topological polar surface area (TPSA) is 32.7 Å². The first-order valence-corrected chi connectivity index (χ1v) is 11.6. The van der Waals surface area contributed by atoms with E-state index in [0.717, 1.165) is 25.2 Å². The first-order valence-electron chi connectivity index (χ1n) is 11.6. The van der Waals surface area contributed by atoms with Gasteiger partial charge < -0.3 is 14.7 Å². The molecule has 1 N–H and O–H groups in total. The van der Waals surface area contributed by atoms with Gasteiger partial charge in [0.1, 0.15) is 18.5 Å². The van der Waals surface area contributed by atoms with Gasteiger partial charge in [-0.05, 0) is 61.8 Å². The molecule has 2 aliphatic carbocycles. The van der Waals surface area contributed by atoms with Crippen molar-refractivity contribution < 1.29 is 23.0 Å². The second kappa shape index (κ2) is 11.4. The predicted molar refractivity (Wildman–Crippen MR) is 113 cm³/mol. The van der Waals surface area contributed by atoms with Crippen LogP contribution in [0, 0.1) is 11.8 Å². The fourth-order valence-electron chi connectivity index (χ4n) is 4.98. The van der Waals surface area contributed by atoms with Crippen LogP contribution in [0.15, 0.2) is 24.3 Å². The van der Waals surface area contributed by atoms with E-state index in [1.165, 1.54) is 76.3 Å². The Morgan fingerprint density at radius 3 is 1.83 bits per heavy atom. The molecule has 3 rings (SSSR count). The highest BCUT2D eigenvalue weighted by Crippen LogP contribution is 2.30. The summed E-state index contributed by atoms with van der Waals surface area (Å²) in [5, 5.41) is 10.6. The summed E-state index contributed by atoms with van der Waals surface area (Å²) in [7, 11) is 0. The highest BCUT2D eigenvalue weighted by Gasteiger charge is 2.30. The van der Waals surface area contributed by atoms with E-state index in [0.29, 0.717) is 24.1 Å². The van der Waals surface area contributed by atoms with Gasteiger partial charge in [0, 0.05) is 19.6 Å². The number of hydrogen-bond acceptors (Lipinski definition) is 3. The first kappa shape index (κ1) is 23.4. The van der Waals surface area contributed by atoms with Crippen LogP contribution in [0.4, 0.5) is 13.2 Å². The average molecular weight is 428 g/mol. The Kier molecular flexibility index (Phi) is 8.87. The predicted octanol–water partition coefficient (Wildman–Crippen LogP) is 5.91. The Bertz CT molecular complexity index is 588. The van der Waals surface area contributed by atoms with Crippen LogP contribution in [0.1, 0.15) is 69.8 Å². The normalized spacial score (nSPS) is 20.4. The molecule has 0 aromatic heterocycles.